The number of hydrogen-bond acceptors (Lipinski definition) is 2. The van der Waals surface area contributed by atoms with E-state index in [4.69, 9.17) is 4.74 Å². The molecule has 0 spiro atoms. The van der Waals surface area contributed by atoms with E-state index < -0.39 is 0 Å². The van der Waals surface area contributed by atoms with Crippen LogP contribution in [0.15, 0.2) is 23.7 Å². The third-order valence-corrected chi connectivity index (χ3v) is 3.17. The number of ether oxygens (including phenoxy) is 1. The molecule has 0 aromatic rings. The van der Waals surface area contributed by atoms with Gasteiger partial charge in [-0.05, 0) is 50.9 Å². The summed E-state index contributed by atoms with van der Waals surface area (Å²) in [4.78, 5) is 2.40. The molecule has 0 saturated carbocycles. The van der Waals surface area contributed by atoms with Crippen molar-refractivity contribution >= 4 is 0 Å². The molecule has 0 amide bonds. The minimum absolute atomic E-state index is 0.190. The third-order valence-electron chi connectivity index (χ3n) is 3.17. The lowest BCUT2D eigenvalue weighted by Gasteiger charge is -2.26. The summed E-state index contributed by atoms with van der Waals surface area (Å²) in [6.45, 7) is 3.86. The van der Waals surface area contributed by atoms with Crippen LogP contribution in [0.5, 0.6) is 0 Å². The van der Waals surface area contributed by atoms with Crippen molar-refractivity contribution in [3.63, 3.8) is 0 Å². The van der Waals surface area contributed by atoms with Crippen LogP contribution < -0.4 is 0 Å². The molecule has 1 fully saturated rings. The quantitative estimate of drug-likeness (QED) is 0.729. The number of halogens is 1. The zero-order chi connectivity index (χ0) is 11.2. The van der Waals surface area contributed by atoms with Crippen molar-refractivity contribution in [2.75, 3.05) is 26.2 Å². The fraction of sp³-hybridized carbons (Fsp3) is 0.692. The van der Waals surface area contributed by atoms with E-state index in [1.54, 1.807) is 6.08 Å². The van der Waals surface area contributed by atoms with Gasteiger partial charge in [-0.15, -0.1) is 0 Å². The Hall–Kier alpha value is -0.830. The molecule has 0 bridgehead atoms. The van der Waals surface area contributed by atoms with E-state index in [-0.39, 0.29) is 5.83 Å². The topological polar surface area (TPSA) is 12.5 Å². The highest BCUT2D eigenvalue weighted by molar-refractivity contribution is 5.22. The molecule has 0 aromatic heterocycles. The maximum absolute atomic E-state index is 13.3. The highest BCUT2D eigenvalue weighted by Crippen LogP contribution is 2.20. The minimum Gasteiger partial charge on any atom is -0.490 e. The van der Waals surface area contributed by atoms with Gasteiger partial charge >= 0.3 is 0 Å². The highest BCUT2D eigenvalue weighted by Gasteiger charge is 2.12. The van der Waals surface area contributed by atoms with E-state index in [9.17, 15) is 4.39 Å². The van der Waals surface area contributed by atoms with Gasteiger partial charge in [-0.1, -0.05) is 6.42 Å². The van der Waals surface area contributed by atoms with Crippen LogP contribution in [0.25, 0.3) is 0 Å². The predicted molar refractivity (Wildman–Crippen MR) is 62.8 cm³/mol. The predicted octanol–water partition coefficient (Wildman–Crippen LogP) is 3.02. The lowest BCUT2D eigenvalue weighted by molar-refractivity contribution is 0.141. The molecule has 1 aliphatic carbocycles. The van der Waals surface area contributed by atoms with Crippen molar-refractivity contribution in [3.8, 4) is 0 Å². The normalized spacial score (nSPS) is 22.6. The SMILES string of the molecule is FC1=CCCC=C1OCCN1CCCCC1. The maximum atomic E-state index is 13.3. The Kier molecular flexibility index (Phi) is 4.40. The van der Waals surface area contributed by atoms with E-state index in [0.717, 1.165) is 19.4 Å². The smallest absolute Gasteiger partial charge is 0.160 e. The van der Waals surface area contributed by atoms with Gasteiger partial charge in [-0.25, -0.2) is 4.39 Å². The average Bonchev–Trinajstić information content (AvgIpc) is 2.33. The van der Waals surface area contributed by atoms with Crippen LogP contribution in [-0.2, 0) is 4.74 Å². The summed E-state index contributed by atoms with van der Waals surface area (Å²) in [7, 11) is 0. The van der Waals surface area contributed by atoms with Crippen LogP contribution in [-0.4, -0.2) is 31.1 Å². The van der Waals surface area contributed by atoms with E-state index in [0.29, 0.717) is 12.4 Å². The molecule has 0 aromatic carbocycles. The third kappa shape index (κ3) is 3.34. The van der Waals surface area contributed by atoms with E-state index in [1.165, 1.54) is 32.4 Å². The highest BCUT2D eigenvalue weighted by atomic mass is 19.1. The van der Waals surface area contributed by atoms with Gasteiger partial charge in [0.2, 0.25) is 0 Å². The van der Waals surface area contributed by atoms with Gasteiger partial charge < -0.3 is 4.74 Å². The molecule has 1 aliphatic heterocycles. The summed E-state index contributed by atoms with van der Waals surface area (Å²) in [5.41, 5.74) is 0. The minimum atomic E-state index is -0.190. The monoisotopic (exact) mass is 225 g/mol. The van der Waals surface area contributed by atoms with Gasteiger partial charge in [0.05, 0.1) is 0 Å². The van der Waals surface area contributed by atoms with Crippen molar-refractivity contribution in [3.05, 3.63) is 23.7 Å². The summed E-state index contributed by atoms with van der Waals surface area (Å²) in [6, 6.07) is 0. The van der Waals surface area contributed by atoms with E-state index >= 15 is 0 Å². The summed E-state index contributed by atoms with van der Waals surface area (Å²) in [5, 5.41) is 0. The molecule has 16 heavy (non-hydrogen) atoms. The molecule has 0 N–H and O–H groups in total. The summed E-state index contributed by atoms with van der Waals surface area (Å²) in [6.07, 6.45) is 9.08. The standard InChI is InChI=1S/C13H20FNO/c14-12-6-2-3-7-13(12)16-11-10-15-8-4-1-5-9-15/h6-7H,1-5,8-11H2. The Balaban J connectivity index is 1.67. The van der Waals surface area contributed by atoms with Gasteiger partial charge in [0.25, 0.3) is 0 Å². The number of allylic oxidation sites excluding steroid dienone is 3. The Morgan fingerprint density at radius 1 is 1.12 bits per heavy atom. The first kappa shape index (κ1) is 11.6. The molecule has 90 valence electrons. The Bertz CT molecular complexity index is 280. The molecule has 2 aliphatic rings. The molecule has 3 heteroatoms. The van der Waals surface area contributed by atoms with Gasteiger partial charge in [0.1, 0.15) is 6.61 Å². The van der Waals surface area contributed by atoms with Gasteiger partial charge in [0.15, 0.2) is 11.6 Å². The Morgan fingerprint density at radius 3 is 2.62 bits per heavy atom. The first-order valence-corrected chi connectivity index (χ1v) is 6.27. The molecular formula is C13H20FNO. The lowest BCUT2D eigenvalue weighted by atomic mass is 10.1. The van der Waals surface area contributed by atoms with Gasteiger partial charge in [-0.2, -0.15) is 0 Å². The van der Waals surface area contributed by atoms with Crippen LogP contribution in [0.1, 0.15) is 32.1 Å². The number of piperidine rings is 1. The molecule has 1 saturated heterocycles. The number of rotatable bonds is 4. The van der Waals surface area contributed by atoms with Crippen LogP contribution in [0.2, 0.25) is 0 Å². The summed E-state index contributed by atoms with van der Waals surface area (Å²) in [5.74, 6) is 0.258. The second-order valence-corrected chi connectivity index (χ2v) is 4.45. The Morgan fingerprint density at radius 2 is 1.88 bits per heavy atom. The Labute approximate surface area is 96.8 Å². The van der Waals surface area contributed by atoms with Crippen LogP contribution in [0, 0.1) is 0 Å². The van der Waals surface area contributed by atoms with Crippen LogP contribution in [0.3, 0.4) is 0 Å². The zero-order valence-corrected chi connectivity index (χ0v) is 9.75. The molecule has 2 rings (SSSR count). The van der Waals surface area contributed by atoms with Crippen molar-refractivity contribution in [1.82, 2.24) is 4.90 Å². The first-order chi connectivity index (χ1) is 7.86. The molecule has 0 unspecified atom stereocenters. The number of hydrogen-bond donors (Lipinski definition) is 0. The second-order valence-electron chi connectivity index (χ2n) is 4.45. The van der Waals surface area contributed by atoms with Gasteiger partial charge in [0, 0.05) is 6.54 Å². The molecular weight excluding hydrogens is 205 g/mol. The summed E-state index contributed by atoms with van der Waals surface area (Å²) < 4.78 is 18.7. The van der Waals surface area contributed by atoms with Crippen LogP contribution in [0.4, 0.5) is 4.39 Å². The maximum Gasteiger partial charge on any atom is 0.160 e. The number of likely N-dealkylation sites (tertiary alicyclic amines) is 1. The van der Waals surface area contributed by atoms with Crippen molar-refractivity contribution in [2.45, 2.75) is 32.1 Å². The van der Waals surface area contributed by atoms with E-state index in [2.05, 4.69) is 4.90 Å². The zero-order valence-electron chi connectivity index (χ0n) is 9.75. The number of nitrogens with zero attached hydrogens (tertiary/aromatic N) is 1. The largest absolute Gasteiger partial charge is 0.490 e. The van der Waals surface area contributed by atoms with Crippen molar-refractivity contribution < 1.29 is 9.13 Å². The van der Waals surface area contributed by atoms with Crippen molar-refractivity contribution in [2.24, 2.45) is 0 Å². The fourth-order valence-electron chi connectivity index (χ4n) is 2.22. The van der Waals surface area contributed by atoms with Crippen molar-refractivity contribution in [1.29, 1.82) is 0 Å². The van der Waals surface area contributed by atoms with E-state index in [1.807, 2.05) is 6.08 Å². The average molecular weight is 225 g/mol. The van der Waals surface area contributed by atoms with Gasteiger partial charge in [-0.3, -0.25) is 4.90 Å². The molecule has 2 nitrogen and oxygen atoms in total. The second kappa shape index (κ2) is 6.04. The van der Waals surface area contributed by atoms with Crippen LogP contribution >= 0.6 is 0 Å². The lowest BCUT2D eigenvalue weighted by Crippen LogP contribution is -2.32. The first-order valence-electron chi connectivity index (χ1n) is 6.27. The molecule has 0 radical (unpaired) electrons. The fourth-order valence-corrected chi connectivity index (χ4v) is 2.22. The summed E-state index contributed by atoms with van der Waals surface area (Å²) >= 11 is 0. The molecule has 1 heterocycles. The molecule has 0 atom stereocenters.